The molecule has 5 aromatic carbocycles. The summed E-state index contributed by atoms with van der Waals surface area (Å²) in [6.07, 6.45) is 0.426. The Hall–Kier alpha value is -5.41. The number of benzene rings is 5. The van der Waals surface area contributed by atoms with Gasteiger partial charge in [-0.1, -0.05) is 103 Å². The number of aliphatic hydroxyl groups excluding tert-OH is 1. The number of aryl methyl sites for hydroxylation is 1. The van der Waals surface area contributed by atoms with Crippen molar-refractivity contribution in [3.63, 3.8) is 0 Å². The van der Waals surface area contributed by atoms with Crippen LogP contribution in [0.1, 0.15) is 66.0 Å². The molecule has 0 spiro atoms. The second-order valence-electron chi connectivity index (χ2n) is 16.0. The van der Waals surface area contributed by atoms with Gasteiger partial charge in [0.15, 0.2) is 6.29 Å². The van der Waals surface area contributed by atoms with E-state index in [9.17, 15) is 23.1 Å². The summed E-state index contributed by atoms with van der Waals surface area (Å²) < 4.78 is 45.1. The number of para-hydroxylation sites is 2. The van der Waals surface area contributed by atoms with Gasteiger partial charge < -0.3 is 29.8 Å². The highest BCUT2D eigenvalue weighted by Gasteiger charge is 2.40. The Morgan fingerprint density at radius 2 is 1.57 bits per heavy atom. The molecule has 4 N–H and O–H groups in total. The second-order valence-corrected chi connectivity index (χ2v) is 17.7. The average molecular weight is 830 g/mol. The van der Waals surface area contributed by atoms with Gasteiger partial charge in [-0.05, 0) is 79.3 Å². The number of aromatic nitrogens is 2. The fourth-order valence-electron chi connectivity index (χ4n) is 8.38. The number of nitrogens with one attached hydrogen (secondary N) is 3. The molecule has 6 aromatic rings. The van der Waals surface area contributed by atoms with Crippen molar-refractivity contribution < 1.29 is 27.8 Å². The topological polar surface area (TPSA) is 155 Å². The van der Waals surface area contributed by atoms with E-state index >= 15 is 0 Å². The number of rotatable bonds is 13. The van der Waals surface area contributed by atoms with Gasteiger partial charge in [0.1, 0.15) is 6.04 Å². The molecule has 1 aromatic heterocycles. The second kappa shape index (κ2) is 18.1. The van der Waals surface area contributed by atoms with Crippen LogP contribution in [0.25, 0.3) is 11.0 Å². The van der Waals surface area contributed by atoms with Crippen molar-refractivity contribution in [2.45, 2.75) is 75.2 Å². The van der Waals surface area contributed by atoms with E-state index in [0.29, 0.717) is 17.8 Å². The lowest BCUT2D eigenvalue weighted by atomic mass is 9.89. The summed E-state index contributed by atoms with van der Waals surface area (Å²) in [5.41, 5.74) is 6.34. The monoisotopic (exact) mass is 829 g/mol. The fraction of sp³-hybridized carbons (Fsp3) is 0.319. The summed E-state index contributed by atoms with van der Waals surface area (Å²) >= 11 is 0. The van der Waals surface area contributed by atoms with E-state index in [1.165, 1.54) is 12.1 Å². The van der Waals surface area contributed by atoms with E-state index in [-0.39, 0.29) is 47.8 Å². The van der Waals surface area contributed by atoms with Gasteiger partial charge in [-0.2, -0.15) is 4.72 Å². The lowest BCUT2D eigenvalue weighted by molar-refractivity contribution is -0.276. The summed E-state index contributed by atoms with van der Waals surface area (Å²) in [6, 6.07) is 37.6. The zero-order valence-electron chi connectivity index (χ0n) is 33.7. The van der Waals surface area contributed by atoms with Crippen LogP contribution < -0.4 is 15.7 Å². The Morgan fingerprint density at radius 1 is 0.850 bits per heavy atom. The van der Waals surface area contributed by atoms with Crippen LogP contribution in [0.4, 0.5) is 5.69 Å². The lowest BCUT2D eigenvalue weighted by Crippen LogP contribution is -2.47. The van der Waals surface area contributed by atoms with Gasteiger partial charge in [0, 0.05) is 42.8 Å². The molecule has 1 amide bonds. The molecular formula is C47H51N5O7S. The highest BCUT2D eigenvalue weighted by molar-refractivity contribution is 7.89. The van der Waals surface area contributed by atoms with Crippen LogP contribution in [0.3, 0.4) is 0 Å². The third-order valence-corrected chi connectivity index (χ3v) is 13.2. The Kier molecular flexibility index (Phi) is 12.4. The molecule has 0 saturated carbocycles. The molecule has 0 unspecified atom stereocenters. The number of piperidine rings is 1. The number of aromatic amines is 1. The molecule has 13 heteroatoms. The van der Waals surface area contributed by atoms with Crippen LogP contribution in [0.5, 0.6) is 0 Å². The van der Waals surface area contributed by atoms with E-state index in [4.69, 9.17) is 9.47 Å². The average Bonchev–Trinajstić information content (AvgIpc) is 3.60. The minimum absolute atomic E-state index is 0.0432. The quantitative estimate of drug-likeness (QED) is 0.0993. The first-order valence-electron chi connectivity index (χ1n) is 20.5. The fourth-order valence-corrected chi connectivity index (χ4v) is 9.58. The molecule has 2 aliphatic rings. The number of hydrogen-bond donors (Lipinski definition) is 4. The van der Waals surface area contributed by atoms with Crippen molar-refractivity contribution in [3.05, 3.63) is 166 Å². The van der Waals surface area contributed by atoms with Crippen molar-refractivity contribution in [1.29, 1.82) is 0 Å². The van der Waals surface area contributed by atoms with E-state index in [2.05, 4.69) is 26.8 Å². The van der Waals surface area contributed by atoms with Crippen LogP contribution in [0, 0.1) is 12.8 Å². The zero-order chi connectivity index (χ0) is 41.8. The summed E-state index contributed by atoms with van der Waals surface area (Å²) in [4.78, 5) is 32.4. The van der Waals surface area contributed by atoms with Gasteiger partial charge >= 0.3 is 5.69 Å². The number of likely N-dealkylation sites (tertiary alicyclic amines) is 1. The summed E-state index contributed by atoms with van der Waals surface area (Å²) in [5, 5.41) is 12.7. The summed E-state index contributed by atoms with van der Waals surface area (Å²) in [5.74, 6) is -0.554. The van der Waals surface area contributed by atoms with Gasteiger partial charge in [0.25, 0.3) is 0 Å². The summed E-state index contributed by atoms with van der Waals surface area (Å²) in [6.45, 7) is 6.19. The maximum absolute atomic E-state index is 14.0. The van der Waals surface area contributed by atoms with Crippen LogP contribution in [0.2, 0.25) is 0 Å². The van der Waals surface area contributed by atoms with Gasteiger partial charge in [-0.15, -0.1) is 0 Å². The predicted octanol–water partition coefficient (Wildman–Crippen LogP) is 6.79. The zero-order valence-corrected chi connectivity index (χ0v) is 34.6. The van der Waals surface area contributed by atoms with E-state index < -0.39 is 28.3 Å². The Labute approximate surface area is 350 Å². The lowest BCUT2D eigenvalue weighted by Gasteiger charge is -2.44. The number of anilines is 1. The molecule has 60 heavy (non-hydrogen) atoms. The van der Waals surface area contributed by atoms with E-state index in [0.717, 1.165) is 59.2 Å². The smallest absolute Gasteiger partial charge is 0.326 e. The van der Waals surface area contributed by atoms with Gasteiger partial charge in [0.05, 0.1) is 34.7 Å². The number of H-pyrrole nitrogens is 1. The number of imidazole rings is 1. The highest BCUT2D eigenvalue weighted by Crippen LogP contribution is 2.42. The SMILES string of the molecule is Cc1ccc(S(=O)(=O)N[C@H](Cc2ccccc2)C(=O)Nc2cccc([C@@H]3O[C@H](CN4CCC(n5c(=O)[nH]c6ccccc65)CC4)[C@H](C)[C@H](c4ccc(CO)cc4)O3)c2)cc1. The molecule has 3 heterocycles. The van der Waals surface area contributed by atoms with E-state index in [1.54, 1.807) is 24.3 Å². The molecular weight excluding hydrogens is 779 g/mol. The third kappa shape index (κ3) is 9.31. The maximum atomic E-state index is 14.0. The number of fused-ring (bicyclic) bond motifs is 1. The first-order valence-corrected chi connectivity index (χ1v) is 22.0. The van der Waals surface area contributed by atoms with Crippen molar-refractivity contribution in [3.8, 4) is 0 Å². The molecule has 2 fully saturated rings. The Balaban J connectivity index is 1.01. The molecule has 0 aliphatic carbocycles. The molecule has 2 saturated heterocycles. The number of sulfonamides is 1. The Bertz CT molecular complexity index is 2570. The standard InChI is InChI=1S/C47H51N5O7S/c1-31-15-21-39(22-16-31)60(56,57)50-41(27-33-9-4-3-5-10-33)45(54)48-37-12-8-11-36(28-37)46-58-43(32(2)44(59-46)35-19-17-34(30-53)18-20-35)29-51-25-23-38(24-26-51)52-42-14-7-6-13-40(42)49-47(52)55/h3-22,28,32,38,41,43-44,46,50,53H,23-27,29-30H2,1-2H3,(H,48,54)(H,49,55)/t32-,41+,43+,44+,46+/m0/s1. The number of carbonyl (C=O) groups is 1. The molecule has 5 atom stereocenters. The van der Waals surface area contributed by atoms with Gasteiger partial charge in [-0.25, -0.2) is 13.2 Å². The van der Waals surface area contributed by atoms with Crippen LogP contribution in [-0.4, -0.2) is 65.7 Å². The molecule has 0 radical (unpaired) electrons. The van der Waals surface area contributed by atoms with Crippen molar-refractivity contribution in [2.24, 2.45) is 5.92 Å². The minimum Gasteiger partial charge on any atom is -0.392 e. The van der Waals surface area contributed by atoms with Crippen molar-refractivity contribution >= 4 is 32.7 Å². The summed E-state index contributed by atoms with van der Waals surface area (Å²) in [7, 11) is -4.03. The number of nitrogens with zero attached hydrogens (tertiary/aromatic N) is 2. The maximum Gasteiger partial charge on any atom is 0.326 e. The first-order chi connectivity index (χ1) is 29.0. The number of amides is 1. The number of carbonyl (C=O) groups excluding carboxylic acids is 1. The van der Waals surface area contributed by atoms with Crippen LogP contribution >= 0.6 is 0 Å². The third-order valence-electron chi connectivity index (χ3n) is 11.8. The number of hydrogen-bond acceptors (Lipinski definition) is 8. The first kappa shape index (κ1) is 41.3. The van der Waals surface area contributed by atoms with Gasteiger partial charge in [-0.3, -0.25) is 9.36 Å². The van der Waals surface area contributed by atoms with Crippen molar-refractivity contribution in [2.75, 3.05) is 25.0 Å². The highest BCUT2D eigenvalue weighted by atomic mass is 32.2. The van der Waals surface area contributed by atoms with E-state index in [1.807, 2.05) is 102 Å². The predicted molar refractivity (Wildman–Crippen MR) is 231 cm³/mol. The molecule has 2 aliphatic heterocycles. The van der Waals surface area contributed by atoms with Crippen LogP contribution in [-0.2, 0) is 37.3 Å². The molecule has 12 nitrogen and oxygen atoms in total. The normalized spacial score (nSPS) is 20.9. The van der Waals surface area contributed by atoms with Crippen molar-refractivity contribution in [1.82, 2.24) is 19.2 Å². The number of aliphatic hydroxyl groups is 1. The molecule has 8 rings (SSSR count). The van der Waals surface area contributed by atoms with Gasteiger partial charge in [0.2, 0.25) is 15.9 Å². The Morgan fingerprint density at radius 3 is 2.30 bits per heavy atom. The number of ether oxygens (including phenoxy) is 2. The van der Waals surface area contributed by atoms with Crippen LogP contribution in [0.15, 0.2) is 137 Å². The molecule has 0 bridgehead atoms. The largest absolute Gasteiger partial charge is 0.392 e. The molecule has 312 valence electrons. The minimum atomic E-state index is -4.03.